The van der Waals surface area contributed by atoms with Crippen molar-refractivity contribution in [2.45, 2.75) is 203 Å². The minimum atomic E-state index is -1.44. The smallest absolute Gasteiger partial charge is 0.335 e. The minimum absolute atomic E-state index is 0.124. The Labute approximate surface area is 478 Å². The molecule has 0 unspecified atom stereocenters. The number of carboxylic acids is 4. The van der Waals surface area contributed by atoms with E-state index in [0.29, 0.717) is 22.3 Å². The predicted molar refractivity (Wildman–Crippen MR) is 275 cm³/mol. The molecule has 8 saturated heterocycles. The normalized spacial score (nSPS) is 34.4. The highest BCUT2D eigenvalue weighted by Crippen LogP contribution is 2.43. The lowest BCUT2D eigenvalue weighted by molar-refractivity contribution is -0.223. The number of carbonyl (C=O) groups excluding carboxylic acids is 2. The highest BCUT2D eigenvalue weighted by atomic mass is 16.9. The summed E-state index contributed by atoms with van der Waals surface area (Å²) in [6.07, 6.45) is -17.8. The number of benzene rings is 3. The quantitative estimate of drug-likeness (QED) is 0.0941. The van der Waals surface area contributed by atoms with Gasteiger partial charge in [-0.2, -0.15) is 0 Å². The summed E-state index contributed by atoms with van der Waals surface area (Å²) in [6, 6.07) is 15.4. The van der Waals surface area contributed by atoms with Crippen LogP contribution in [-0.2, 0) is 121 Å². The Balaban J connectivity index is 0.804. The number of amides is 2. The highest BCUT2D eigenvalue weighted by molar-refractivity contribution is 6.07. The SMILES string of the molecule is CC1(C)O[C@@H]2O[C@H](C(=O)O)[C@H](OCc3cc(CO[C@@H]4[C@@H]5OC(C)(C)O[C@@H]5O[C@@H]4C(=O)O)cc(NC(=O)c4ccc(C(=O)Nc5cc(CO[C@@H]6[C@H]7OC(C)(C)O[C@H]7O[C@@H]6C(=O)O)cc(CO[C@@H]6[C@H]7OC(C)(C)O[C@H]7O[C@@H]6C(=O)O)c5)cc4)c3)[C@@H]2O1. The number of ether oxygens (including phenoxy) is 16. The minimum Gasteiger partial charge on any atom is -0.479 e. The van der Waals surface area contributed by atoms with E-state index >= 15 is 0 Å². The van der Waals surface area contributed by atoms with Crippen LogP contribution < -0.4 is 10.6 Å². The van der Waals surface area contributed by atoms with Crippen molar-refractivity contribution < 1.29 is 125 Å². The summed E-state index contributed by atoms with van der Waals surface area (Å²) in [5, 5.41) is 45.7. The predicted octanol–water partition coefficient (Wildman–Crippen LogP) is 3.58. The monoisotopic (exact) mass is 1180 g/mol. The number of anilines is 2. The Kier molecular flexibility index (Phi) is 16.0. The molecule has 8 heterocycles. The molecule has 11 rings (SSSR count). The van der Waals surface area contributed by atoms with E-state index in [9.17, 15) is 49.2 Å². The van der Waals surface area contributed by atoms with Crippen molar-refractivity contribution >= 4 is 47.1 Å². The van der Waals surface area contributed by atoms with E-state index in [-0.39, 0.29) is 48.9 Å². The number of aliphatic carboxylic acids is 4. The Morgan fingerprint density at radius 2 is 0.607 bits per heavy atom. The molecule has 6 N–H and O–H groups in total. The summed E-state index contributed by atoms with van der Waals surface area (Å²) < 4.78 is 94.2. The van der Waals surface area contributed by atoms with Gasteiger partial charge in [-0.05, 0) is 126 Å². The molecule has 3 aromatic rings. The fourth-order valence-corrected chi connectivity index (χ4v) is 11.4. The second kappa shape index (κ2) is 22.6. The fraction of sp³-hybridized carbons (Fsp3) is 0.571. The van der Waals surface area contributed by atoms with Gasteiger partial charge in [-0.15, -0.1) is 0 Å². The zero-order chi connectivity index (χ0) is 59.9. The van der Waals surface area contributed by atoms with Gasteiger partial charge >= 0.3 is 23.9 Å². The summed E-state index contributed by atoms with van der Waals surface area (Å²) >= 11 is 0. The lowest BCUT2D eigenvalue weighted by atomic mass is 10.1. The molecule has 0 radical (unpaired) electrons. The standard InChI is InChI=1S/C56H64N2O26/c1-53(2)77-39-31(35(45(61)62)73-49(39)81-53)69-19-23-13-24(20-70-32-36(46(63)64)74-50-40(32)78-54(3,4)82-50)16-29(15-23)57-43(59)27-9-11-28(12-10-27)44(60)58-30-17-25(21-71-33-37(47(65)66)75-51-41(33)79-55(5,6)83-51)14-26(18-30)22-72-34-38(48(67)68)76-52-42(34)80-56(7,8)84-52/h9-18,31-42,49-52H,19-22H2,1-8H3,(H,57,59)(H,58,60)(H,61,62)(H,63,64)(H,65,66)(H,67,68)/t31-,32-,33-,34-,35-,36-,37-,38-,39-,40-,41+,42+,49-,50-,51+,52+/m0/s1. The van der Waals surface area contributed by atoms with Gasteiger partial charge in [-0.25, -0.2) is 19.2 Å². The van der Waals surface area contributed by atoms with Gasteiger partial charge in [0.15, 0.2) is 72.7 Å². The molecule has 0 spiro atoms. The second-order valence-corrected chi connectivity index (χ2v) is 23.1. The summed E-state index contributed by atoms with van der Waals surface area (Å²) in [7, 11) is 0. The fourth-order valence-electron chi connectivity index (χ4n) is 11.4. The molecule has 454 valence electrons. The summed E-state index contributed by atoms with van der Waals surface area (Å²) in [6.45, 7) is 12.4. The van der Waals surface area contributed by atoms with Crippen LogP contribution >= 0.6 is 0 Å². The molecule has 8 aliphatic heterocycles. The van der Waals surface area contributed by atoms with E-state index in [1.807, 2.05) is 0 Å². The molecule has 3 aromatic carbocycles. The van der Waals surface area contributed by atoms with Gasteiger partial charge in [0.05, 0.1) is 26.4 Å². The number of rotatable bonds is 20. The molecule has 16 atom stereocenters. The van der Waals surface area contributed by atoms with Gasteiger partial charge < -0.3 is 107 Å². The number of fused-ring (bicyclic) bond motifs is 4. The topological polar surface area (TPSA) is 355 Å². The molecule has 0 saturated carbocycles. The lowest BCUT2D eigenvalue weighted by Gasteiger charge is -2.25. The van der Waals surface area contributed by atoms with E-state index in [1.54, 1.807) is 91.8 Å². The first-order chi connectivity index (χ1) is 39.6. The first-order valence-corrected chi connectivity index (χ1v) is 27.0. The molecule has 28 heteroatoms. The lowest BCUT2D eigenvalue weighted by Crippen LogP contribution is -2.40. The van der Waals surface area contributed by atoms with Crippen LogP contribution in [0.3, 0.4) is 0 Å². The third kappa shape index (κ3) is 12.6. The third-order valence-corrected chi connectivity index (χ3v) is 14.7. The molecule has 2 amide bonds. The van der Waals surface area contributed by atoms with Gasteiger partial charge in [0.25, 0.3) is 11.8 Å². The zero-order valence-electron chi connectivity index (χ0n) is 46.6. The number of hydrogen-bond acceptors (Lipinski definition) is 22. The molecule has 8 aliphatic rings. The van der Waals surface area contributed by atoms with E-state index < -0.39 is 157 Å². The van der Waals surface area contributed by atoms with Crippen molar-refractivity contribution in [1.29, 1.82) is 0 Å². The Bertz CT molecular complexity index is 2700. The van der Waals surface area contributed by atoms with Crippen LogP contribution in [0.1, 0.15) is 98.4 Å². The van der Waals surface area contributed by atoms with Crippen molar-refractivity contribution in [3.63, 3.8) is 0 Å². The maximum atomic E-state index is 14.0. The summed E-state index contributed by atoms with van der Waals surface area (Å²) in [5.74, 6) is -10.7. The largest absolute Gasteiger partial charge is 0.479 e. The summed E-state index contributed by atoms with van der Waals surface area (Å²) in [4.78, 5) is 77.1. The van der Waals surface area contributed by atoms with E-state index in [0.717, 1.165) is 0 Å². The maximum absolute atomic E-state index is 14.0. The number of hydrogen-bond donors (Lipinski definition) is 6. The second-order valence-electron chi connectivity index (χ2n) is 23.1. The van der Waals surface area contributed by atoms with Crippen molar-refractivity contribution in [1.82, 2.24) is 0 Å². The third-order valence-electron chi connectivity index (χ3n) is 14.7. The van der Waals surface area contributed by atoms with Crippen LogP contribution in [0.2, 0.25) is 0 Å². The van der Waals surface area contributed by atoms with Crippen LogP contribution in [0, 0.1) is 0 Å². The highest BCUT2D eigenvalue weighted by Gasteiger charge is 2.61. The molecular weight excluding hydrogens is 1120 g/mol. The van der Waals surface area contributed by atoms with Crippen molar-refractivity contribution in [3.05, 3.63) is 94.0 Å². The van der Waals surface area contributed by atoms with Gasteiger partial charge in [0, 0.05) is 22.5 Å². The van der Waals surface area contributed by atoms with E-state index in [1.165, 1.54) is 24.3 Å². The molecule has 0 bridgehead atoms. The van der Waals surface area contributed by atoms with Gasteiger partial charge in [-0.1, -0.05) is 12.1 Å². The van der Waals surface area contributed by atoms with Crippen molar-refractivity contribution in [2.24, 2.45) is 0 Å². The van der Waals surface area contributed by atoms with Crippen LogP contribution in [0.15, 0.2) is 60.7 Å². The molecule has 28 nitrogen and oxygen atoms in total. The van der Waals surface area contributed by atoms with E-state index in [2.05, 4.69) is 10.6 Å². The Morgan fingerprint density at radius 3 is 0.821 bits per heavy atom. The van der Waals surface area contributed by atoms with Crippen LogP contribution in [0.4, 0.5) is 11.4 Å². The first kappa shape index (κ1) is 59.6. The molecule has 0 aromatic heterocycles. The van der Waals surface area contributed by atoms with Gasteiger partial charge in [0.2, 0.25) is 0 Å². The molecule has 0 aliphatic carbocycles. The van der Waals surface area contributed by atoms with Gasteiger partial charge in [0.1, 0.15) is 48.8 Å². The summed E-state index contributed by atoms with van der Waals surface area (Å²) in [5.41, 5.74) is 2.46. The average Bonchev–Trinajstić information content (AvgIpc) is 4.34. The van der Waals surface area contributed by atoms with E-state index in [4.69, 9.17) is 75.8 Å². The molecule has 84 heavy (non-hydrogen) atoms. The Hall–Kier alpha value is -6.16. The van der Waals surface area contributed by atoms with Crippen LogP contribution in [-0.4, -0.2) is 178 Å². The zero-order valence-corrected chi connectivity index (χ0v) is 46.6. The molecular formula is C56H64N2O26. The van der Waals surface area contributed by atoms with Gasteiger partial charge in [-0.3, -0.25) is 9.59 Å². The molecule has 8 fully saturated rings. The number of nitrogens with one attached hydrogen (secondary N) is 2. The number of carboxylic acid groups (broad SMARTS) is 4. The average molecular weight is 1180 g/mol. The van der Waals surface area contributed by atoms with Crippen LogP contribution in [0.25, 0.3) is 0 Å². The maximum Gasteiger partial charge on any atom is 0.335 e. The van der Waals surface area contributed by atoms with Crippen LogP contribution in [0.5, 0.6) is 0 Å². The Morgan fingerprint density at radius 1 is 0.381 bits per heavy atom. The van der Waals surface area contributed by atoms with Crippen molar-refractivity contribution in [3.8, 4) is 0 Å². The van der Waals surface area contributed by atoms with Crippen molar-refractivity contribution in [2.75, 3.05) is 10.6 Å². The number of carbonyl (C=O) groups is 6. The first-order valence-electron chi connectivity index (χ1n) is 27.0.